The third-order valence-corrected chi connectivity index (χ3v) is 12.0. The first-order chi connectivity index (χ1) is 24.7. The van der Waals surface area contributed by atoms with Gasteiger partial charge in [-0.25, -0.2) is 0 Å². The second kappa shape index (κ2) is 10.4. The van der Waals surface area contributed by atoms with Crippen LogP contribution in [0.2, 0.25) is 0 Å². The molecule has 0 aromatic heterocycles. The number of anilines is 3. The van der Waals surface area contributed by atoms with Gasteiger partial charge < -0.3 is 4.90 Å². The smallest absolute Gasteiger partial charge is 0.0746 e. The predicted octanol–water partition coefficient (Wildman–Crippen LogP) is 13.1. The van der Waals surface area contributed by atoms with Crippen molar-refractivity contribution >= 4 is 17.1 Å². The van der Waals surface area contributed by atoms with Crippen LogP contribution in [0.15, 0.2) is 158 Å². The minimum absolute atomic E-state index is 0.0103. The molecule has 0 radical (unpaired) electrons. The van der Waals surface area contributed by atoms with Crippen LogP contribution in [0.4, 0.5) is 17.1 Å². The molecule has 7 aromatic rings. The molecule has 0 N–H and O–H groups in total. The van der Waals surface area contributed by atoms with E-state index in [1.165, 1.54) is 83.7 Å². The van der Waals surface area contributed by atoms with E-state index in [4.69, 9.17) is 0 Å². The molecule has 7 aromatic carbocycles. The van der Waals surface area contributed by atoms with Gasteiger partial charge in [-0.1, -0.05) is 162 Å². The van der Waals surface area contributed by atoms with Gasteiger partial charge in [-0.15, -0.1) is 0 Å². The lowest BCUT2D eigenvalue weighted by molar-refractivity contribution is 0.588. The second-order valence-corrected chi connectivity index (χ2v) is 16.1. The van der Waals surface area contributed by atoms with Crippen molar-refractivity contribution in [3.05, 3.63) is 197 Å². The van der Waals surface area contributed by atoms with Gasteiger partial charge in [-0.05, 0) is 103 Å². The van der Waals surface area contributed by atoms with Gasteiger partial charge >= 0.3 is 0 Å². The summed E-state index contributed by atoms with van der Waals surface area (Å²) in [5.74, 6) is 0. The maximum Gasteiger partial charge on any atom is 0.0746 e. The lowest BCUT2D eigenvalue weighted by atomic mass is 9.69. The largest absolute Gasteiger partial charge is 0.310 e. The molecule has 0 heterocycles. The lowest BCUT2D eigenvalue weighted by Crippen LogP contribution is -2.29. The van der Waals surface area contributed by atoms with E-state index in [0.717, 1.165) is 5.69 Å². The molecule has 0 aliphatic heterocycles. The molecule has 1 spiro atoms. The van der Waals surface area contributed by atoms with Gasteiger partial charge in [0.1, 0.15) is 0 Å². The van der Waals surface area contributed by atoms with Crippen molar-refractivity contribution in [2.45, 2.75) is 50.9 Å². The fourth-order valence-electron chi connectivity index (χ4n) is 9.67. The molecule has 1 nitrogen and oxygen atoms in total. The number of benzene rings is 7. The third-order valence-electron chi connectivity index (χ3n) is 12.0. The van der Waals surface area contributed by atoms with Crippen LogP contribution >= 0.6 is 0 Å². The van der Waals surface area contributed by atoms with Gasteiger partial charge in [-0.3, -0.25) is 0 Å². The Morgan fingerprint density at radius 3 is 1.63 bits per heavy atom. The Morgan fingerprint density at radius 2 is 0.941 bits per heavy atom. The van der Waals surface area contributed by atoms with E-state index in [-0.39, 0.29) is 10.8 Å². The summed E-state index contributed by atoms with van der Waals surface area (Å²) in [6.45, 7) is 11.7. The van der Waals surface area contributed by atoms with E-state index >= 15 is 0 Å². The molecular weight excluding hydrogens is 615 g/mol. The fraction of sp³-hybridized carbons (Fsp3) is 0.160. The Morgan fingerprint density at radius 1 is 0.412 bits per heavy atom. The van der Waals surface area contributed by atoms with E-state index in [2.05, 4.69) is 197 Å². The van der Waals surface area contributed by atoms with Crippen LogP contribution in [0.5, 0.6) is 0 Å². The van der Waals surface area contributed by atoms with E-state index in [0.29, 0.717) is 0 Å². The van der Waals surface area contributed by atoms with Crippen LogP contribution in [0.25, 0.3) is 33.4 Å². The van der Waals surface area contributed by atoms with Gasteiger partial charge in [-0.2, -0.15) is 0 Å². The average molecular weight is 656 g/mol. The zero-order valence-electron chi connectivity index (χ0n) is 30.0. The van der Waals surface area contributed by atoms with Crippen molar-refractivity contribution in [1.29, 1.82) is 0 Å². The molecule has 0 saturated heterocycles. The third kappa shape index (κ3) is 3.98. The molecular formula is C50H41N. The molecule has 1 atom stereocenters. The highest BCUT2D eigenvalue weighted by Gasteiger charge is 2.53. The standard InChI is InChI=1S/C50H41N/c1-48(2,3)32-26-28-39-36-19-10-13-23-42(36)50(45(39)30-32)43-24-14-11-20-37(43)40-21-15-25-46(47(40)50)51(33-16-7-6-8-17-33)34-27-29-38-35-18-9-12-22-41(35)49(4,5)44(38)31-34/h6-31H,1-5H3. The molecule has 0 saturated carbocycles. The minimum atomic E-state index is -0.477. The van der Waals surface area contributed by atoms with Gasteiger partial charge in [0, 0.05) is 22.4 Å². The quantitative estimate of drug-likeness (QED) is 0.183. The van der Waals surface area contributed by atoms with Crippen molar-refractivity contribution in [3.63, 3.8) is 0 Å². The zero-order valence-corrected chi connectivity index (χ0v) is 30.0. The van der Waals surface area contributed by atoms with Crippen LogP contribution in [0, 0.1) is 0 Å². The Hall–Kier alpha value is -5.66. The Balaban J connectivity index is 1.31. The van der Waals surface area contributed by atoms with E-state index in [1.54, 1.807) is 0 Å². The summed E-state index contributed by atoms with van der Waals surface area (Å²) >= 11 is 0. The van der Waals surface area contributed by atoms with Crippen molar-refractivity contribution in [3.8, 4) is 33.4 Å². The highest BCUT2D eigenvalue weighted by molar-refractivity contribution is 6.00. The van der Waals surface area contributed by atoms with Crippen molar-refractivity contribution in [2.24, 2.45) is 0 Å². The molecule has 0 bridgehead atoms. The fourth-order valence-corrected chi connectivity index (χ4v) is 9.67. The first-order valence-corrected chi connectivity index (χ1v) is 18.3. The van der Waals surface area contributed by atoms with E-state index < -0.39 is 5.41 Å². The topological polar surface area (TPSA) is 3.24 Å². The Labute approximate surface area is 301 Å². The number of hydrogen-bond acceptors (Lipinski definition) is 1. The van der Waals surface area contributed by atoms with Crippen molar-refractivity contribution in [2.75, 3.05) is 4.90 Å². The van der Waals surface area contributed by atoms with Crippen LogP contribution < -0.4 is 4.90 Å². The number of para-hydroxylation sites is 1. The first-order valence-electron chi connectivity index (χ1n) is 18.3. The molecule has 246 valence electrons. The number of fused-ring (bicyclic) bond motifs is 13. The molecule has 0 fully saturated rings. The summed E-state index contributed by atoms with van der Waals surface area (Å²) in [5.41, 5.74) is 20.5. The number of rotatable bonds is 3. The first kappa shape index (κ1) is 30.2. The Bertz CT molecular complexity index is 2530. The lowest BCUT2D eigenvalue weighted by Gasteiger charge is -2.36. The second-order valence-electron chi connectivity index (χ2n) is 16.1. The predicted molar refractivity (Wildman–Crippen MR) is 214 cm³/mol. The van der Waals surface area contributed by atoms with Crippen LogP contribution in [0.3, 0.4) is 0 Å². The molecule has 1 unspecified atom stereocenters. The van der Waals surface area contributed by atoms with Crippen LogP contribution in [0.1, 0.15) is 73.6 Å². The highest BCUT2D eigenvalue weighted by Crippen LogP contribution is 2.65. The molecule has 0 amide bonds. The maximum absolute atomic E-state index is 2.53. The van der Waals surface area contributed by atoms with Gasteiger partial charge in [0.15, 0.2) is 0 Å². The van der Waals surface area contributed by atoms with Gasteiger partial charge in [0.05, 0.1) is 11.1 Å². The monoisotopic (exact) mass is 655 g/mol. The highest BCUT2D eigenvalue weighted by atomic mass is 15.1. The van der Waals surface area contributed by atoms with Gasteiger partial charge in [0.2, 0.25) is 0 Å². The number of nitrogens with zero attached hydrogens (tertiary/aromatic N) is 1. The van der Waals surface area contributed by atoms with Gasteiger partial charge in [0.25, 0.3) is 0 Å². The summed E-state index contributed by atoms with van der Waals surface area (Å²) in [7, 11) is 0. The van der Waals surface area contributed by atoms with Crippen molar-refractivity contribution < 1.29 is 0 Å². The molecule has 3 aliphatic carbocycles. The van der Waals surface area contributed by atoms with Crippen LogP contribution in [-0.2, 0) is 16.2 Å². The zero-order chi connectivity index (χ0) is 34.7. The van der Waals surface area contributed by atoms with Crippen molar-refractivity contribution in [1.82, 2.24) is 0 Å². The maximum atomic E-state index is 2.53. The summed E-state index contributed by atoms with van der Waals surface area (Å²) in [6, 6.07) is 59.6. The van der Waals surface area contributed by atoms with E-state index in [9.17, 15) is 0 Å². The summed E-state index contributed by atoms with van der Waals surface area (Å²) < 4.78 is 0. The summed E-state index contributed by atoms with van der Waals surface area (Å²) in [4.78, 5) is 2.53. The van der Waals surface area contributed by atoms with Crippen LogP contribution in [-0.4, -0.2) is 0 Å². The molecule has 1 heteroatoms. The average Bonchev–Trinajstić information content (AvgIpc) is 3.71. The minimum Gasteiger partial charge on any atom is -0.310 e. The van der Waals surface area contributed by atoms with E-state index in [1.807, 2.05) is 0 Å². The molecule has 51 heavy (non-hydrogen) atoms. The molecule has 10 rings (SSSR count). The number of hydrogen-bond donors (Lipinski definition) is 0. The molecule has 3 aliphatic rings. The SMILES string of the molecule is CC(C)(C)c1ccc2c(c1)C1(c3ccccc3-2)c2ccccc2-c2cccc(N(c3ccccc3)c3ccc4c(c3)C(C)(C)c3ccccc3-4)c21. The Kier molecular flexibility index (Phi) is 6.18. The summed E-state index contributed by atoms with van der Waals surface area (Å²) in [6.07, 6.45) is 0. The summed E-state index contributed by atoms with van der Waals surface area (Å²) in [5, 5.41) is 0. The normalized spacial score (nSPS) is 17.0.